The van der Waals surface area contributed by atoms with Crippen molar-refractivity contribution in [2.45, 2.75) is 144 Å². The third-order valence-electron chi connectivity index (χ3n) is 7.55. The molecular formula is C32H58N4O8. The number of amides is 4. The molecule has 0 saturated carbocycles. The lowest BCUT2D eigenvalue weighted by atomic mass is 10.00. The van der Waals surface area contributed by atoms with Crippen molar-refractivity contribution in [2.75, 3.05) is 0 Å². The molecule has 0 heterocycles. The first-order valence-electron chi connectivity index (χ1n) is 16.1. The van der Waals surface area contributed by atoms with Crippen molar-refractivity contribution >= 4 is 35.6 Å². The minimum Gasteiger partial charge on any atom is -0.480 e. The second-order valence-corrected chi connectivity index (χ2v) is 13.0. The highest BCUT2D eigenvalue weighted by Gasteiger charge is 2.31. The van der Waals surface area contributed by atoms with Crippen LogP contribution in [-0.4, -0.2) is 69.9 Å². The number of hydrogen-bond donors (Lipinski definition) is 6. The quantitative estimate of drug-likeness (QED) is 0.0927. The average Bonchev–Trinajstić information content (AvgIpc) is 2.91. The van der Waals surface area contributed by atoms with Gasteiger partial charge < -0.3 is 31.5 Å². The van der Waals surface area contributed by atoms with Gasteiger partial charge in [0.05, 0.1) is 0 Å². The molecule has 0 aromatic rings. The first kappa shape index (κ1) is 40.8. The summed E-state index contributed by atoms with van der Waals surface area (Å²) in [5.74, 6) is -4.61. The Morgan fingerprint density at radius 1 is 0.409 bits per heavy atom. The highest BCUT2D eigenvalue weighted by molar-refractivity contribution is 5.91. The summed E-state index contributed by atoms with van der Waals surface area (Å²) >= 11 is 0. The van der Waals surface area contributed by atoms with Crippen LogP contribution in [0.5, 0.6) is 0 Å². The number of carboxylic acids is 2. The fourth-order valence-corrected chi connectivity index (χ4v) is 4.71. The van der Waals surface area contributed by atoms with Gasteiger partial charge in [0.15, 0.2) is 0 Å². The number of carbonyl (C=O) groups is 6. The Labute approximate surface area is 263 Å². The van der Waals surface area contributed by atoms with Crippen LogP contribution in [0.25, 0.3) is 0 Å². The van der Waals surface area contributed by atoms with E-state index < -0.39 is 47.9 Å². The van der Waals surface area contributed by atoms with Crippen molar-refractivity contribution in [2.24, 2.45) is 23.7 Å². The van der Waals surface area contributed by atoms with E-state index in [1.807, 2.05) is 0 Å². The lowest BCUT2D eigenvalue weighted by Gasteiger charge is -2.25. The van der Waals surface area contributed by atoms with Crippen LogP contribution in [0.2, 0.25) is 0 Å². The zero-order valence-electron chi connectivity index (χ0n) is 28.0. The van der Waals surface area contributed by atoms with Crippen LogP contribution in [0.3, 0.4) is 0 Å². The number of nitrogens with one attached hydrogen (secondary N) is 4. The molecule has 0 fully saturated rings. The molecule has 44 heavy (non-hydrogen) atoms. The summed E-state index contributed by atoms with van der Waals surface area (Å²) in [7, 11) is 0. The fraction of sp³-hybridized carbons (Fsp3) is 0.812. The van der Waals surface area contributed by atoms with E-state index in [2.05, 4.69) is 21.3 Å². The lowest BCUT2D eigenvalue weighted by Crippen LogP contribution is -2.54. The standard InChI is InChI=1S/C32H58N4O8/c1-19(2)25(29(39)35-27(21(5)6)31(41)42)33-23(37)17-15-13-11-9-10-12-14-16-18-24(38)34-26(20(3)4)30(40)36-28(22(7)8)32(43)44/h19-22,25-28H,9-18H2,1-8H3,(H,33,37)(H,34,38)(H,35,39)(H,36,40)(H,41,42)(H,43,44)/t25-,26-,27-,28-/m1/s1. The maximum Gasteiger partial charge on any atom is 0.326 e. The van der Waals surface area contributed by atoms with Gasteiger partial charge in [-0.1, -0.05) is 93.9 Å². The molecular weight excluding hydrogens is 568 g/mol. The molecule has 0 rings (SSSR count). The van der Waals surface area contributed by atoms with Crippen LogP contribution in [0, 0.1) is 23.7 Å². The van der Waals surface area contributed by atoms with E-state index in [1.165, 1.54) is 0 Å². The summed E-state index contributed by atoms with van der Waals surface area (Å²) in [4.78, 5) is 72.9. The first-order chi connectivity index (χ1) is 20.5. The van der Waals surface area contributed by atoms with Crippen LogP contribution in [0.15, 0.2) is 0 Å². The Bertz CT molecular complexity index is 861. The van der Waals surface area contributed by atoms with Crippen molar-refractivity contribution in [1.29, 1.82) is 0 Å². The van der Waals surface area contributed by atoms with Gasteiger partial charge in [-0.05, 0) is 36.5 Å². The molecule has 12 heteroatoms. The first-order valence-corrected chi connectivity index (χ1v) is 16.1. The van der Waals surface area contributed by atoms with Gasteiger partial charge in [-0.15, -0.1) is 0 Å². The number of rotatable bonds is 23. The van der Waals surface area contributed by atoms with Crippen molar-refractivity contribution in [3.05, 3.63) is 0 Å². The van der Waals surface area contributed by atoms with E-state index in [4.69, 9.17) is 0 Å². The normalized spacial score (nSPS) is 14.2. The number of hydrogen-bond acceptors (Lipinski definition) is 6. The van der Waals surface area contributed by atoms with Crippen LogP contribution < -0.4 is 21.3 Å². The Kier molecular flexibility index (Phi) is 20.0. The molecule has 0 aliphatic rings. The number of carboxylic acid groups (broad SMARTS) is 2. The molecule has 0 aliphatic heterocycles. The van der Waals surface area contributed by atoms with Crippen LogP contribution >= 0.6 is 0 Å². The summed E-state index contributed by atoms with van der Waals surface area (Å²) in [6.45, 7) is 14.1. The Morgan fingerprint density at radius 3 is 0.886 bits per heavy atom. The van der Waals surface area contributed by atoms with E-state index >= 15 is 0 Å². The second kappa shape index (κ2) is 21.5. The largest absolute Gasteiger partial charge is 0.480 e. The zero-order valence-corrected chi connectivity index (χ0v) is 28.0. The second-order valence-electron chi connectivity index (χ2n) is 13.0. The number of aliphatic carboxylic acids is 2. The number of carbonyl (C=O) groups excluding carboxylic acids is 4. The van der Waals surface area contributed by atoms with Gasteiger partial charge in [-0.3, -0.25) is 19.2 Å². The van der Waals surface area contributed by atoms with Crippen LogP contribution in [0.4, 0.5) is 0 Å². The topological polar surface area (TPSA) is 191 Å². The predicted octanol–water partition coefficient (Wildman–Crippen LogP) is 3.62. The molecule has 0 aliphatic carbocycles. The molecule has 6 N–H and O–H groups in total. The highest BCUT2D eigenvalue weighted by atomic mass is 16.4. The van der Waals surface area contributed by atoms with Gasteiger partial charge in [-0.25, -0.2) is 9.59 Å². The molecule has 0 radical (unpaired) electrons. The molecule has 0 aromatic carbocycles. The van der Waals surface area contributed by atoms with Gasteiger partial charge in [0, 0.05) is 12.8 Å². The SMILES string of the molecule is CC(C)[C@@H](NC(=O)[C@H](NC(=O)CCCCCCCCCCC(=O)N[C@@H](C(=O)N[C@@H](C(=O)O)C(C)C)C(C)C)C(C)C)C(=O)O. The average molecular weight is 627 g/mol. The van der Waals surface area contributed by atoms with Gasteiger partial charge in [0.2, 0.25) is 23.6 Å². The van der Waals surface area contributed by atoms with Gasteiger partial charge in [0.25, 0.3) is 0 Å². The van der Waals surface area contributed by atoms with Gasteiger partial charge >= 0.3 is 11.9 Å². The van der Waals surface area contributed by atoms with E-state index in [1.54, 1.807) is 55.4 Å². The summed E-state index contributed by atoms with van der Waals surface area (Å²) in [5, 5.41) is 29.2. The van der Waals surface area contributed by atoms with Crippen molar-refractivity contribution in [3.63, 3.8) is 0 Å². The van der Waals surface area contributed by atoms with Gasteiger partial charge in [-0.2, -0.15) is 0 Å². The summed E-state index contributed by atoms with van der Waals surface area (Å²) in [6.07, 6.45) is 7.67. The zero-order chi connectivity index (χ0) is 34.0. The predicted molar refractivity (Wildman–Crippen MR) is 169 cm³/mol. The van der Waals surface area contributed by atoms with Crippen LogP contribution in [0.1, 0.15) is 120 Å². The Morgan fingerprint density at radius 2 is 0.659 bits per heavy atom. The molecule has 4 atom stereocenters. The Hall–Kier alpha value is -3.18. The third kappa shape index (κ3) is 16.6. The molecule has 0 bridgehead atoms. The minimum atomic E-state index is -1.11. The van der Waals surface area contributed by atoms with Crippen LogP contribution in [-0.2, 0) is 28.8 Å². The molecule has 0 spiro atoms. The van der Waals surface area contributed by atoms with E-state index in [0.717, 1.165) is 38.5 Å². The molecule has 0 aromatic heterocycles. The van der Waals surface area contributed by atoms with Crippen molar-refractivity contribution in [3.8, 4) is 0 Å². The minimum absolute atomic E-state index is 0.191. The fourth-order valence-electron chi connectivity index (χ4n) is 4.71. The lowest BCUT2D eigenvalue weighted by molar-refractivity contribution is -0.144. The maximum absolute atomic E-state index is 12.6. The molecule has 4 amide bonds. The third-order valence-corrected chi connectivity index (χ3v) is 7.55. The smallest absolute Gasteiger partial charge is 0.326 e. The molecule has 254 valence electrons. The highest BCUT2D eigenvalue weighted by Crippen LogP contribution is 2.13. The van der Waals surface area contributed by atoms with E-state index in [9.17, 15) is 39.0 Å². The summed E-state index contributed by atoms with van der Waals surface area (Å²) in [5.41, 5.74) is 0. The monoisotopic (exact) mass is 626 g/mol. The summed E-state index contributed by atoms with van der Waals surface area (Å²) < 4.78 is 0. The molecule has 0 saturated heterocycles. The Balaban J connectivity index is 4.26. The van der Waals surface area contributed by atoms with Crippen molar-refractivity contribution in [1.82, 2.24) is 21.3 Å². The van der Waals surface area contributed by atoms with Crippen molar-refractivity contribution < 1.29 is 39.0 Å². The molecule has 12 nitrogen and oxygen atoms in total. The van der Waals surface area contributed by atoms with Gasteiger partial charge in [0.1, 0.15) is 24.2 Å². The van der Waals surface area contributed by atoms with E-state index in [-0.39, 0.29) is 35.5 Å². The molecule has 0 unspecified atom stereocenters. The van der Waals surface area contributed by atoms with E-state index in [0.29, 0.717) is 25.7 Å². The summed E-state index contributed by atoms with van der Waals surface area (Å²) in [6, 6.07) is -3.63. The number of unbranched alkanes of at least 4 members (excludes halogenated alkanes) is 7. The maximum atomic E-state index is 12.6.